The lowest BCUT2D eigenvalue weighted by Crippen LogP contribution is -2.52. The quantitative estimate of drug-likeness (QED) is 0.435. The largest absolute Gasteiger partial charge is 0.481 e. The van der Waals surface area contributed by atoms with E-state index in [0.717, 1.165) is 0 Å². The van der Waals surface area contributed by atoms with E-state index in [1.165, 1.54) is 12.1 Å². The molecule has 0 saturated carbocycles. The second-order valence-electron chi connectivity index (χ2n) is 8.69. The van der Waals surface area contributed by atoms with Crippen molar-refractivity contribution in [2.24, 2.45) is 17.3 Å². The highest BCUT2D eigenvalue weighted by molar-refractivity contribution is 5.98. The van der Waals surface area contributed by atoms with Gasteiger partial charge in [0.15, 0.2) is 0 Å². The van der Waals surface area contributed by atoms with Crippen molar-refractivity contribution in [2.45, 2.75) is 39.4 Å². The summed E-state index contributed by atoms with van der Waals surface area (Å²) in [4.78, 5) is 48.5. The normalized spacial score (nSPS) is 26.9. The molecule has 0 spiro atoms. The third kappa shape index (κ3) is 4.06. The van der Waals surface area contributed by atoms with Gasteiger partial charge in [-0.3, -0.25) is 30.0 Å². The van der Waals surface area contributed by atoms with Crippen LogP contribution in [0.25, 0.3) is 0 Å². The van der Waals surface area contributed by atoms with Crippen molar-refractivity contribution in [1.29, 1.82) is 0 Å². The molecule has 1 aromatic rings. The number of carbonyl (C=O) groups is 4. The maximum atomic E-state index is 12.6. The Balaban J connectivity index is 1.60. The third-order valence-corrected chi connectivity index (χ3v) is 5.29. The highest BCUT2D eigenvalue weighted by Crippen LogP contribution is 2.46. The molecule has 0 aliphatic carbocycles. The SMILES string of the molecule is CC(C)(C)C(=O)Nc1ccc(C(=O)NNC(=O)[C@H]2[C@H](C(=O)O)[C@H]3C=C[C@@]2(C)O3)cc1. The molecule has 9 nitrogen and oxygen atoms in total. The van der Waals surface area contributed by atoms with Crippen LogP contribution in [0.5, 0.6) is 0 Å². The summed E-state index contributed by atoms with van der Waals surface area (Å²) < 4.78 is 5.63. The highest BCUT2D eigenvalue weighted by atomic mass is 16.5. The van der Waals surface area contributed by atoms with Gasteiger partial charge in [0.05, 0.1) is 17.6 Å². The number of nitrogens with one attached hydrogen (secondary N) is 3. The van der Waals surface area contributed by atoms with Crippen LogP contribution < -0.4 is 16.2 Å². The molecule has 1 fully saturated rings. The first-order valence-electron chi connectivity index (χ1n) is 9.54. The van der Waals surface area contributed by atoms with Gasteiger partial charge >= 0.3 is 5.97 Å². The fourth-order valence-corrected chi connectivity index (χ4v) is 3.57. The van der Waals surface area contributed by atoms with E-state index in [4.69, 9.17) is 4.74 Å². The Morgan fingerprint density at radius 3 is 2.27 bits per heavy atom. The maximum Gasteiger partial charge on any atom is 0.310 e. The molecule has 1 saturated heterocycles. The highest BCUT2D eigenvalue weighted by Gasteiger charge is 2.59. The number of rotatable bonds is 4. The van der Waals surface area contributed by atoms with Crippen LogP contribution in [0.1, 0.15) is 38.1 Å². The Morgan fingerprint density at radius 2 is 1.70 bits per heavy atom. The van der Waals surface area contributed by atoms with Gasteiger partial charge in [-0.1, -0.05) is 32.9 Å². The summed E-state index contributed by atoms with van der Waals surface area (Å²) in [6, 6.07) is 6.17. The van der Waals surface area contributed by atoms with Gasteiger partial charge < -0.3 is 15.2 Å². The van der Waals surface area contributed by atoms with Crippen molar-refractivity contribution in [1.82, 2.24) is 10.9 Å². The van der Waals surface area contributed by atoms with Crippen LogP contribution in [0.2, 0.25) is 0 Å². The van der Waals surface area contributed by atoms with E-state index in [0.29, 0.717) is 5.69 Å². The molecular weight excluding hydrogens is 390 g/mol. The molecule has 0 radical (unpaired) electrons. The smallest absolute Gasteiger partial charge is 0.310 e. The number of anilines is 1. The van der Waals surface area contributed by atoms with Gasteiger partial charge in [-0.25, -0.2) is 0 Å². The minimum absolute atomic E-state index is 0.157. The lowest BCUT2D eigenvalue weighted by Gasteiger charge is -2.27. The molecule has 1 aromatic carbocycles. The van der Waals surface area contributed by atoms with Gasteiger partial charge in [0.2, 0.25) is 11.8 Å². The first-order chi connectivity index (χ1) is 13.9. The van der Waals surface area contributed by atoms with Crippen molar-refractivity contribution in [2.75, 3.05) is 5.32 Å². The summed E-state index contributed by atoms with van der Waals surface area (Å²) in [6.07, 6.45) is 2.64. The van der Waals surface area contributed by atoms with Crippen LogP contribution in [0.4, 0.5) is 5.69 Å². The standard InChI is InChI=1S/C21H25N3O6/c1-20(2,3)19(29)22-12-7-5-11(6-8-12)16(25)23-24-17(26)15-14(18(27)28)13-9-10-21(15,4)30-13/h5-10,13-15H,1-4H3,(H,22,29)(H,23,25)(H,24,26)(H,27,28)/t13-,14-,15-,21-/m1/s1. The van der Waals surface area contributed by atoms with Crippen LogP contribution in [-0.4, -0.2) is 40.5 Å². The lowest BCUT2D eigenvalue weighted by molar-refractivity contribution is -0.147. The molecule has 160 valence electrons. The number of carboxylic acids is 1. The van der Waals surface area contributed by atoms with Gasteiger partial charge in [0.25, 0.3) is 5.91 Å². The van der Waals surface area contributed by atoms with Crippen molar-refractivity contribution < 1.29 is 29.0 Å². The second kappa shape index (κ2) is 7.56. The summed E-state index contributed by atoms with van der Waals surface area (Å²) in [5.41, 5.74) is 3.81. The molecule has 4 atom stereocenters. The monoisotopic (exact) mass is 415 g/mol. The summed E-state index contributed by atoms with van der Waals surface area (Å²) in [5, 5.41) is 12.2. The van der Waals surface area contributed by atoms with Crippen LogP contribution in [0, 0.1) is 17.3 Å². The Hall–Kier alpha value is -3.20. The molecule has 0 unspecified atom stereocenters. The average molecular weight is 415 g/mol. The van der Waals surface area contributed by atoms with E-state index in [2.05, 4.69) is 16.2 Å². The fourth-order valence-electron chi connectivity index (χ4n) is 3.57. The molecule has 2 heterocycles. The van der Waals surface area contributed by atoms with Crippen molar-refractivity contribution in [3.8, 4) is 0 Å². The number of carboxylic acid groups (broad SMARTS) is 1. The first-order valence-corrected chi connectivity index (χ1v) is 9.54. The van der Waals surface area contributed by atoms with Crippen LogP contribution in [-0.2, 0) is 19.1 Å². The van der Waals surface area contributed by atoms with Crippen LogP contribution >= 0.6 is 0 Å². The number of hydrazine groups is 1. The Labute approximate surface area is 173 Å². The van der Waals surface area contributed by atoms with Crippen molar-refractivity contribution in [3.63, 3.8) is 0 Å². The van der Waals surface area contributed by atoms with Gasteiger partial charge in [-0.2, -0.15) is 0 Å². The van der Waals surface area contributed by atoms with Gasteiger partial charge in [-0.05, 0) is 31.2 Å². The minimum Gasteiger partial charge on any atom is -0.481 e. The molecule has 3 amide bonds. The summed E-state index contributed by atoms with van der Waals surface area (Å²) >= 11 is 0. The molecule has 2 bridgehead atoms. The first kappa shape index (κ1) is 21.5. The fraction of sp³-hybridized carbons (Fsp3) is 0.429. The number of hydrogen-bond donors (Lipinski definition) is 4. The molecule has 2 aliphatic rings. The molecule has 9 heteroatoms. The van der Waals surface area contributed by atoms with Crippen molar-refractivity contribution >= 4 is 29.4 Å². The molecule has 0 aromatic heterocycles. The number of fused-ring (bicyclic) bond motifs is 2. The predicted octanol–water partition coefficient (Wildman–Crippen LogP) is 1.48. The Bertz CT molecular complexity index is 918. The summed E-state index contributed by atoms with van der Waals surface area (Å²) in [7, 11) is 0. The predicted molar refractivity (Wildman–Crippen MR) is 107 cm³/mol. The summed E-state index contributed by atoms with van der Waals surface area (Å²) in [6.45, 7) is 7.01. The Kier molecular flexibility index (Phi) is 5.42. The van der Waals surface area contributed by atoms with Gasteiger partial charge in [0.1, 0.15) is 5.92 Å². The molecule has 30 heavy (non-hydrogen) atoms. The van der Waals surface area contributed by atoms with Gasteiger partial charge in [-0.15, -0.1) is 0 Å². The van der Waals surface area contributed by atoms with E-state index < -0.39 is 46.7 Å². The molecular formula is C21H25N3O6. The maximum absolute atomic E-state index is 12.6. The third-order valence-electron chi connectivity index (χ3n) is 5.29. The van der Waals surface area contributed by atoms with E-state index in [1.54, 1.807) is 52.0 Å². The van der Waals surface area contributed by atoms with E-state index in [1.807, 2.05) is 0 Å². The van der Waals surface area contributed by atoms with Crippen molar-refractivity contribution in [3.05, 3.63) is 42.0 Å². The molecule has 3 rings (SSSR count). The molecule has 4 N–H and O–H groups in total. The summed E-state index contributed by atoms with van der Waals surface area (Å²) in [5.74, 6) is -4.50. The molecule has 2 aliphatic heterocycles. The number of benzene rings is 1. The lowest BCUT2D eigenvalue weighted by atomic mass is 9.76. The minimum atomic E-state index is -1.13. The second-order valence-corrected chi connectivity index (χ2v) is 8.69. The topological polar surface area (TPSA) is 134 Å². The zero-order valence-electron chi connectivity index (χ0n) is 17.2. The Morgan fingerprint density at radius 1 is 1.07 bits per heavy atom. The zero-order chi connectivity index (χ0) is 22.3. The van der Waals surface area contributed by atoms with E-state index in [-0.39, 0.29) is 11.5 Å². The number of amides is 3. The van der Waals surface area contributed by atoms with E-state index in [9.17, 15) is 24.3 Å². The van der Waals surface area contributed by atoms with Crippen LogP contribution in [0.3, 0.4) is 0 Å². The zero-order valence-corrected chi connectivity index (χ0v) is 17.2. The van der Waals surface area contributed by atoms with E-state index >= 15 is 0 Å². The van der Waals surface area contributed by atoms with Gasteiger partial charge in [0, 0.05) is 16.7 Å². The number of aliphatic carboxylic acids is 1. The number of carbonyl (C=O) groups excluding carboxylic acids is 3. The average Bonchev–Trinajstić information content (AvgIpc) is 3.19. The van der Waals surface area contributed by atoms with Crippen LogP contribution in [0.15, 0.2) is 36.4 Å². The number of hydrogen-bond acceptors (Lipinski definition) is 5. The number of ether oxygens (including phenoxy) is 1.